The maximum atomic E-state index is 12.7. The van der Waals surface area contributed by atoms with Crippen LogP contribution in [0.2, 0.25) is 0 Å². The van der Waals surface area contributed by atoms with E-state index < -0.39 is 0 Å². The van der Waals surface area contributed by atoms with Crippen LogP contribution in [0.4, 0.5) is 5.82 Å². The molecule has 0 saturated carbocycles. The van der Waals surface area contributed by atoms with Crippen molar-refractivity contribution >= 4 is 43.5 Å². The summed E-state index contributed by atoms with van der Waals surface area (Å²) < 4.78 is 6.26. The second-order valence-corrected chi connectivity index (χ2v) is 9.80. The number of fused-ring (bicyclic) bond motifs is 3. The Hall–Kier alpha value is -3.17. The minimum Gasteiger partial charge on any atom is -0.380 e. The van der Waals surface area contributed by atoms with E-state index >= 15 is 0 Å². The molecular formula is C23H22N6O2S. The normalized spacial score (nSPS) is 16.9. The average Bonchev–Trinajstić information content (AvgIpc) is 3.13. The Bertz CT molecular complexity index is 1350. The summed E-state index contributed by atoms with van der Waals surface area (Å²) in [5.41, 5.74) is 4.95. The lowest BCUT2D eigenvalue weighted by atomic mass is 9.78. The van der Waals surface area contributed by atoms with E-state index in [9.17, 15) is 4.79 Å². The molecule has 3 aromatic heterocycles. The van der Waals surface area contributed by atoms with Crippen LogP contribution in [-0.4, -0.2) is 57.3 Å². The fourth-order valence-electron chi connectivity index (χ4n) is 4.42. The SMILES string of the molecule is Cc1nnc2sc3c(NCc4ccc(C(=O)N5CC6(COC6)C5)cc4)ncnc3c2c1C. The van der Waals surface area contributed by atoms with Gasteiger partial charge < -0.3 is 15.0 Å². The van der Waals surface area contributed by atoms with Crippen LogP contribution in [0, 0.1) is 19.3 Å². The molecule has 162 valence electrons. The van der Waals surface area contributed by atoms with Crippen molar-refractivity contribution in [2.24, 2.45) is 5.41 Å². The number of rotatable bonds is 4. The Kier molecular flexibility index (Phi) is 4.38. The molecule has 2 aliphatic heterocycles. The van der Waals surface area contributed by atoms with Crippen LogP contribution in [0.1, 0.15) is 27.2 Å². The Labute approximate surface area is 188 Å². The predicted octanol–water partition coefficient (Wildman–Crippen LogP) is 3.34. The van der Waals surface area contributed by atoms with E-state index in [0.717, 1.165) is 74.9 Å². The number of nitrogens with zero attached hydrogens (tertiary/aromatic N) is 5. The smallest absolute Gasteiger partial charge is 0.253 e. The molecule has 0 aliphatic carbocycles. The van der Waals surface area contributed by atoms with Gasteiger partial charge in [0.1, 0.15) is 17.0 Å². The van der Waals surface area contributed by atoms with Crippen LogP contribution in [0.15, 0.2) is 30.6 Å². The fourth-order valence-corrected chi connectivity index (χ4v) is 5.52. The van der Waals surface area contributed by atoms with Crippen molar-refractivity contribution in [2.45, 2.75) is 20.4 Å². The molecule has 2 fully saturated rings. The number of hydrogen-bond donors (Lipinski definition) is 1. The van der Waals surface area contributed by atoms with Crippen LogP contribution >= 0.6 is 11.3 Å². The Morgan fingerprint density at radius 1 is 1.16 bits per heavy atom. The average molecular weight is 447 g/mol. The van der Waals surface area contributed by atoms with Gasteiger partial charge in [0, 0.05) is 30.6 Å². The lowest BCUT2D eigenvalue weighted by molar-refractivity contribution is -0.176. The maximum absolute atomic E-state index is 12.7. The van der Waals surface area contributed by atoms with E-state index in [4.69, 9.17) is 4.74 Å². The monoisotopic (exact) mass is 446 g/mol. The summed E-state index contributed by atoms with van der Waals surface area (Å²) in [6.45, 7) is 7.78. The first-order chi connectivity index (χ1) is 15.5. The number of carbonyl (C=O) groups is 1. The zero-order chi connectivity index (χ0) is 21.9. The predicted molar refractivity (Wildman–Crippen MR) is 123 cm³/mol. The van der Waals surface area contributed by atoms with Gasteiger partial charge in [0.2, 0.25) is 0 Å². The highest BCUT2D eigenvalue weighted by Gasteiger charge is 2.50. The standard InChI is InChI=1S/C23H22N6O2S/c1-13-14(2)27-28-21-17(13)18-19(32-21)20(26-12-25-18)24-7-15-3-5-16(6-4-15)22(30)29-8-23(9-29)10-31-11-23/h3-6,12H,7-11H2,1-2H3,(H,24,25,26). The fraction of sp³-hybridized carbons (Fsp3) is 0.348. The number of amides is 1. The zero-order valence-corrected chi connectivity index (χ0v) is 18.7. The molecule has 1 amide bonds. The number of likely N-dealkylation sites (tertiary alicyclic amines) is 1. The van der Waals surface area contributed by atoms with Gasteiger partial charge in [-0.2, -0.15) is 5.10 Å². The zero-order valence-electron chi connectivity index (χ0n) is 17.9. The number of thiophene rings is 1. The number of anilines is 1. The van der Waals surface area contributed by atoms with Crippen molar-refractivity contribution in [3.05, 3.63) is 53.0 Å². The van der Waals surface area contributed by atoms with Crippen molar-refractivity contribution < 1.29 is 9.53 Å². The minimum atomic E-state index is 0.0941. The van der Waals surface area contributed by atoms with Gasteiger partial charge in [-0.3, -0.25) is 4.79 Å². The number of nitrogens with one attached hydrogen (secondary N) is 1. The van der Waals surface area contributed by atoms with Gasteiger partial charge in [-0.1, -0.05) is 12.1 Å². The van der Waals surface area contributed by atoms with E-state index in [1.165, 1.54) is 0 Å². The Morgan fingerprint density at radius 3 is 2.66 bits per heavy atom. The van der Waals surface area contributed by atoms with Gasteiger partial charge in [0.25, 0.3) is 5.91 Å². The molecule has 2 aliphatic rings. The van der Waals surface area contributed by atoms with Crippen LogP contribution in [0.5, 0.6) is 0 Å². The second kappa shape index (κ2) is 7.18. The first-order valence-electron chi connectivity index (χ1n) is 10.6. The summed E-state index contributed by atoms with van der Waals surface area (Å²) in [4.78, 5) is 24.4. The molecule has 0 radical (unpaired) electrons. The number of benzene rings is 1. The first-order valence-corrected chi connectivity index (χ1v) is 11.4. The molecule has 32 heavy (non-hydrogen) atoms. The molecule has 8 nitrogen and oxygen atoms in total. The first kappa shape index (κ1) is 19.5. The van der Waals surface area contributed by atoms with Gasteiger partial charge in [-0.25, -0.2) is 9.97 Å². The maximum Gasteiger partial charge on any atom is 0.253 e. The molecular weight excluding hydrogens is 424 g/mol. The summed E-state index contributed by atoms with van der Waals surface area (Å²) in [7, 11) is 0. The number of ether oxygens (including phenoxy) is 1. The van der Waals surface area contributed by atoms with Gasteiger partial charge in [-0.05, 0) is 37.1 Å². The lowest BCUT2D eigenvalue weighted by Crippen LogP contribution is -2.67. The molecule has 0 unspecified atom stereocenters. The molecule has 1 aromatic carbocycles. The molecule has 6 rings (SSSR count). The van der Waals surface area contributed by atoms with E-state index in [-0.39, 0.29) is 11.3 Å². The van der Waals surface area contributed by atoms with Gasteiger partial charge in [0.05, 0.1) is 34.5 Å². The van der Waals surface area contributed by atoms with Crippen LogP contribution in [-0.2, 0) is 11.3 Å². The molecule has 2 saturated heterocycles. The van der Waals surface area contributed by atoms with E-state index in [1.54, 1.807) is 17.7 Å². The van der Waals surface area contributed by atoms with Gasteiger partial charge >= 0.3 is 0 Å². The van der Waals surface area contributed by atoms with Gasteiger partial charge in [0.15, 0.2) is 0 Å². The lowest BCUT2D eigenvalue weighted by Gasteiger charge is -2.54. The number of hydrogen-bond acceptors (Lipinski definition) is 8. The van der Waals surface area contributed by atoms with Crippen LogP contribution in [0.3, 0.4) is 0 Å². The summed E-state index contributed by atoms with van der Waals surface area (Å²) >= 11 is 1.55. The molecule has 0 atom stereocenters. The van der Waals surface area contributed by atoms with Crippen molar-refractivity contribution in [3.63, 3.8) is 0 Å². The highest BCUT2D eigenvalue weighted by Crippen LogP contribution is 2.38. The third-order valence-corrected chi connectivity index (χ3v) is 7.55. The summed E-state index contributed by atoms with van der Waals surface area (Å²) in [6.07, 6.45) is 1.58. The quantitative estimate of drug-likeness (QED) is 0.514. The molecule has 0 bridgehead atoms. The largest absolute Gasteiger partial charge is 0.380 e. The minimum absolute atomic E-state index is 0.0941. The Balaban J connectivity index is 1.18. The highest BCUT2D eigenvalue weighted by molar-refractivity contribution is 7.25. The van der Waals surface area contributed by atoms with E-state index in [0.29, 0.717) is 6.54 Å². The van der Waals surface area contributed by atoms with Gasteiger partial charge in [-0.15, -0.1) is 16.4 Å². The number of aryl methyl sites for hydroxylation is 2. The van der Waals surface area contributed by atoms with Crippen molar-refractivity contribution in [1.29, 1.82) is 0 Å². The van der Waals surface area contributed by atoms with Crippen molar-refractivity contribution in [3.8, 4) is 0 Å². The Morgan fingerprint density at radius 2 is 1.94 bits per heavy atom. The molecule has 4 aromatic rings. The van der Waals surface area contributed by atoms with Crippen molar-refractivity contribution in [1.82, 2.24) is 25.1 Å². The van der Waals surface area contributed by atoms with Crippen molar-refractivity contribution in [2.75, 3.05) is 31.6 Å². The summed E-state index contributed by atoms with van der Waals surface area (Å²) in [5.74, 6) is 0.875. The van der Waals surface area contributed by atoms with E-state index in [1.807, 2.05) is 36.1 Å². The van der Waals surface area contributed by atoms with E-state index in [2.05, 4.69) is 32.4 Å². The molecule has 1 N–H and O–H groups in total. The molecule has 5 heterocycles. The van der Waals surface area contributed by atoms with Crippen LogP contribution < -0.4 is 5.32 Å². The third kappa shape index (κ3) is 3.03. The number of carbonyl (C=O) groups excluding carboxylic acids is 1. The topological polar surface area (TPSA) is 93.1 Å². The van der Waals surface area contributed by atoms with Crippen LogP contribution in [0.25, 0.3) is 20.4 Å². The second-order valence-electron chi connectivity index (χ2n) is 8.80. The third-order valence-electron chi connectivity index (χ3n) is 6.48. The molecule has 1 spiro atoms. The molecule has 9 heteroatoms. The summed E-state index contributed by atoms with van der Waals surface area (Å²) in [6, 6.07) is 7.78. The number of aromatic nitrogens is 4. The highest BCUT2D eigenvalue weighted by atomic mass is 32.1. The summed E-state index contributed by atoms with van der Waals surface area (Å²) in [5, 5.41) is 13.0.